The highest BCUT2D eigenvalue weighted by atomic mass is 19.1. The standard InChI is InChI=1S/C23H14F3NO3/c24-17-8-9-18(25)21-20(17)22(28)16(23(29)30)12-27(21)11-13-6-7-15(19(26)10-13)14-4-2-1-3-5-14/h1-10,12H,11H2,(H,29,30). The summed E-state index contributed by atoms with van der Waals surface area (Å²) in [4.78, 5) is 23.8. The smallest absolute Gasteiger partial charge is 0.341 e. The Bertz CT molecular complexity index is 1350. The van der Waals surface area contributed by atoms with Gasteiger partial charge >= 0.3 is 5.97 Å². The minimum atomic E-state index is -1.56. The largest absolute Gasteiger partial charge is 0.477 e. The molecule has 0 saturated heterocycles. The summed E-state index contributed by atoms with van der Waals surface area (Å²) in [6, 6.07) is 14.9. The fraction of sp³-hybridized carbons (Fsp3) is 0.0435. The molecule has 1 aromatic heterocycles. The number of halogens is 3. The molecular formula is C23H14F3NO3. The number of carboxylic acid groups (broad SMARTS) is 1. The van der Waals surface area contributed by atoms with E-state index in [0.29, 0.717) is 16.7 Å². The lowest BCUT2D eigenvalue weighted by Crippen LogP contribution is -2.21. The molecular weight excluding hydrogens is 395 g/mol. The van der Waals surface area contributed by atoms with E-state index in [9.17, 15) is 27.9 Å². The van der Waals surface area contributed by atoms with Gasteiger partial charge in [0.25, 0.3) is 0 Å². The zero-order valence-corrected chi connectivity index (χ0v) is 15.4. The molecule has 0 fully saturated rings. The van der Waals surface area contributed by atoms with Gasteiger partial charge in [0, 0.05) is 18.3 Å². The minimum Gasteiger partial charge on any atom is -0.477 e. The third-order valence-corrected chi connectivity index (χ3v) is 4.82. The van der Waals surface area contributed by atoms with Gasteiger partial charge < -0.3 is 9.67 Å². The molecule has 0 aliphatic carbocycles. The van der Waals surface area contributed by atoms with Gasteiger partial charge in [-0.2, -0.15) is 0 Å². The molecule has 0 aliphatic rings. The van der Waals surface area contributed by atoms with Crippen LogP contribution in [0.4, 0.5) is 13.2 Å². The fourth-order valence-electron chi connectivity index (χ4n) is 3.43. The van der Waals surface area contributed by atoms with Crippen LogP contribution in [0.1, 0.15) is 15.9 Å². The molecule has 0 unspecified atom stereocenters. The van der Waals surface area contributed by atoms with E-state index in [1.54, 1.807) is 36.4 Å². The first-order valence-corrected chi connectivity index (χ1v) is 8.95. The van der Waals surface area contributed by atoms with E-state index in [1.807, 2.05) is 6.07 Å². The van der Waals surface area contributed by atoms with E-state index in [1.165, 1.54) is 6.07 Å². The van der Waals surface area contributed by atoms with Crippen molar-refractivity contribution in [2.45, 2.75) is 6.54 Å². The van der Waals surface area contributed by atoms with Crippen LogP contribution < -0.4 is 5.43 Å². The molecule has 1 heterocycles. The van der Waals surface area contributed by atoms with Crippen molar-refractivity contribution in [2.24, 2.45) is 0 Å². The number of carbonyl (C=O) groups is 1. The van der Waals surface area contributed by atoms with Gasteiger partial charge in [0.2, 0.25) is 5.43 Å². The van der Waals surface area contributed by atoms with Crippen LogP contribution in [0.5, 0.6) is 0 Å². The first-order valence-electron chi connectivity index (χ1n) is 8.95. The summed E-state index contributed by atoms with van der Waals surface area (Å²) in [7, 11) is 0. The maximum atomic E-state index is 14.7. The van der Waals surface area contributed by atoms with Gasteiger partial charge in [-0.15, -0.1) is 0 Å². The molecule has 0 aliphatic heterocycles. The summed E-state index contributed by atoms with van der Waals surface area (Å²) >= 11 is 0. The predicted octanol–water partition coefficient (Wildman–Crippen LogP) is 4.83. The number of nitrogens with zero attached hydrogens (tertiary/aromatic N) is 1. The van der Waals surface area contributed by atoms with Gasteiger partial charge in [0.05, 0.1) is 10.9 Å². The van der Waals surface area contributed by atoms with Crippen LogP contribution in [0.15, 0.2) is 71.7 Å². The summed E-state index contributed by atoms with van der Waals surface area (Å²) in [6.07, 6.45) is 0.943. The highest BCUT2D eigenvalue weighted by molar-refractivity contribution is 5.93. The van der Waals surface area contributed by atoms with Crippen LogP contribution in [0.3, 0.4) is 0 Å². The van der Waals surface area contributed by atoms with Gasteiger partial charge in [0.1, 0.15) is 23.0 Å². The molecule has 7 heteroatoms. The lowest BCUT2D eigenvalue weighted by Gasteiger charge is -2.14. The van der Waals surface area contributed by atoms with Crippen molar-refractivity contribution in [3.8, 4) is 11.1 Å². The van der Waals surface area contributed by atoms with Crippen LogP contribution >= 0.6 is 0 Å². The average Bonchev–Trinajstić information content (AvgIpc) is 2.72. The van der Waals surface area contributed by atoms with Crippen molar-refractivity contribution in [1.29, 1.82) is 0 Å². The summed E-state index contributed by atoms with van der Waals surface area (Å²) in [6.45, 7) is -0.163. The Morgan fingerprint density at radius 1 is 0.900 bits per heavy atom. The van der Waals surface area contributed by atoms with Crippen molar-refractivity contribution >= 4 is 16.9 Å². The molecule has 4 nitrogen and oxygen atoms in total. The number of hydrogen-bond donors (Lipinski definition) is 1. The summed E-state index contributed by atoms with van der Waals surface area (Å²) in [5.74, 6) is -4.00. The van der Waals surface area contributed by atoms with E-state index >= 15 is 0 Å². The second kappa shape index (κ2) is 7.51. The van der Waals surface area contributed by atoms with Crippen LogP contribution in [-0.2, 0) is 6.54 Å². The number of benzene rings is 3. The Kier molecular flexibility index (Phi) is 4.87. The fourth-order valence-corrected chi connectivity index (χ4v) is 3.43. The molecule has 0 saturated carbocycles. The molecule has 3 aromatic carbocycles. The average molecular weight is 409 g/mol. The quantitative estimate of drug-likeness (QED) is 0.525. The lowest BCUT2D eigenvalue weighted by atomic mass is 10.0. The number of aromatic nitrogens is 1. The van der Waals surface area contributed by atoms with Crippen molar-refractivity contribution in [3.63, 3.8) is 0 Å². The predicted molar refractivity (Wildman–Crippen MR) is 106 cm³/mol. The minimum absolute atomic E-state index is 0.163. The van der Waals surface area contributed by atoms with Crippen LogP contribution in [0, 0.1) is 17.5 Å². The number of rotatable bonds is 4. The molecule has 1 N–H and O–H groups in total. The second-order valence-electron chi connectivity index (χ2n) is 6.74. The normalized spacial score (nSPS) is 11.0. The van der Waals surface area contributed by atoms with Crippen LogP contribution in [0.25, 0.3) is 22.0 Å². The molecule has 0 spiro atoms. The first kappa shape index (κ1) is 19.4. The third-order valence-electron chi connectivity index (χ3n) is 4.82. The lowest BCUT2D eigenvalue weighted by molar-refractivity contribution is 0.0695. The summed E-state index contributed by atoms with van der Waals surface area (Å²) in [5.41, 5.74) is -0.761. The number of carboxylic acids is 1. The Labute approximate surface area is 168 Å². The highest BCUT2D eigenvalue weighted by Crippen LogP contribution is 2.25. The van der Waals surface area contributed by atoms with E-state index in [0.717, 1.165) is 22.9 Å². The Balaban J connectivity index is 1.86. The van der Waals surface area contributed by atoms with Crippen LogP contribution in [-0.4, -0.2) is 15.6 Å². The van der Waals surface area contributed by atoms with Crippen molar-refractivity contribution in [3.05, 3.63) is 106 Å². The van der Waals surface area contributed by atoms with Gasteiger partial charge in [-0.05, 0) is 29.3 Å². The first-order chi connectivity index (χ1) is 14.4. The summed E-state index contributed by atoms with van der Waals surface area (Å²) in [5, 5.41) is 8.64. The van der Waals surface area contributed by atoms with Gasteiger partial charge in [-0.1, -0.05) is 42.5 Å². The van der Waals surface area contributed by atoms with E-state index in [2.05, 4.69) is 0 Å². The Morgan fingerprint density at radius 2 is 1.60 bits per heavy atom. The molecule has 30 heavy (non-hydrogen) atoms. The SMILES string of the molecule is O=C(O)c1cn(Cc2ccc(-c3ccccc3)c(F)c2)c2c(F)ccc(F)c2c1=O. The molecule has 150 valence electrons. The number of aromatic carboxylic acids is 1. The zero-order valence-electron chi connectivity index (χ0n) is 15.4. The maximum absolute atomic E-state index is 14.7. The molecule has 0 radical (unpaired) electrons. The molecule has 0 bridgehead atoms. The number of pyridine rings is 1. The molecule has 0 amide bonds. The van der Waals surface area contributed by atoms with E-state index in [-0.39, 0.29) is 12.1 Å². The van der Waals surface area contributed by atoms with Gasteiger partial charge in [-0.25, -0.2) is 18.0 Å². The molecule has 0 atom stereocenters. The number of fused-ring (bicyclic) bond motifs is 1. The van der Waals surface area contributed by atoms with Crippen molar-refractivity contribution < 1.29 is 23.1 Å². The van der Waals surface area contributed by atoms with Gasteiger partial charge in [0.15, 0.2) is 0 Å². The van der Waals surface area contributed by atoms with E-state index < -0.39 is 39.8 Å². The highest BCUT2D eigenvalue weighted by Gasteiger charge is 2.20. The number of hydrogen-bond acceptors (Lipinski definition) is 2. The van der Waals surface area contributed by atoms with Crippen molar-refractivity contribution in [2.75, 3.05) is 0 Å². The molecule has 4 rings (SSSR count). The van der Waals surface area contributed by atoms with E-state index in [4.69, 9.17) is 0 Å². The van der Waals surface area contributed by atoms with Gasteiger partial charge in [-0.3, -0.25) is 4.79 Å². The second-order valence-corrected chi connectivity index (χ2v) is 6.74. The topological polar surface area (TPSA) is 59.3 Å². The van der Waals surface area contributed by atoms with Crippen LogP contribution in [0.2, 0.25) is 0 Å². The third kappa shape index (κ3) is 3.34. The molecule has 4 aromatic rings. The maximum Gasteiger partial charge on any atom is 0.341 e. The van der Waals surface area contributed by atoms with Crippen molar-refractivity contribution in [1.82, 2.24) is 4.57 Å². The monoisotopic (exact) mass is 409 g/mol. The Hall–Kier alpha value is -3.87. The zero-order chi connectivity index (χ0) is 21.4. The Morgan fingerprint density at radius 3 is 2.27 bits per heavy atom. The summed E-state index contributed by atoms with van der Waals surface area (Å²) < 4.78 is 44.5.